The van der Waals surface area contributed by atoms with Crippen LogP contribution in [0, 0.1) is 11.6 Å². The van der Waals surface area contributed by atoms with Crippen molar-refractivity contribution in [1.29, 1.82) is 0 Å². The Morgan fingerprint density at radius 3 is 2.06 bits per heavy atom. The summed E-state index contributed by atoms with van der Waals surface area (Å²) in [5.74, 6) is -3.62. The van der Waals surface area contributed by atoms with E-state index in [-0.39, 0.29) is 22.6 Å². The second kappa shape index (κ2) is 16.2. The molecule has 0 amide bonds. The second-order valence-corrected chi connectivity index (χ2v) is 9.27. The lowest BCUT2D eigenvalue weighted by Gasteiger charge is -2.13. The van der Waals surface area contributed by atoms with Gasteiger partial charge >= 0.3 is 5.97 Å². The fourth-order valence-corrected chi connectivity index (χ4v) is 4.22. The molecule has 1 N–H and O–H groups in total. The Kier molecular flexibility index (Phi) is 13.3. The highest BCUT2D eigenvalue weighted by atomic mass is 19.2. The molecule has 0 saturated heterocycles. The number of pyridine rings is 1. The maximum Gasteiger partial charge on any atom is 0.355 e. The SMILES string of the molecule is CCCCCCCCCCOc1ccc(-c2cc(CCCCCCC)cnc2C(=O)O)c(F)c1F. The van der Waals surface area contributed by atoms with Gasteiger partial charge in [0.25, 0.3) is 0 Å². The third kappa shape index (κ3) is 9.58. The van der Waals surface area contributed by atoms with Crippen LogP contribution in [0.25, 0.3) is 11.1 Å². The van der Waals surface area contributed by atoms with E-state index in [2.05, 4.69) is 18.8 Å². The molecule has 6 heteroatoms. The van der Waals surface area contributed by atoms with Gasteiger partial charge in [-0.25, -0.2) is 14.2 Å². The van der Waals surface area contributed by atoms with E-state index in [4.69, 9.17) is 4.74 Å². The van der Waals surface area contributed by atoms with Crippen LogP contribution >= 0.6 is 0 Å². The standard InChI is InChI=1S/C29H41F2NO3/c1-3-5-7-9-10-11-13-15-19-35-25-18-17-23(26(30)27(25)31)24-20-22(16-14-12-8-6-4-2)21-32-28(24)29(33)34/h17-18,20-21H,3-16,19H2,1-2H3,(H,33,34). The van der Waals surface area contributed by atoms with Gasteiger partial charge in [-0.2, -0.15) is 4.39 Å². The van der Waals surface area contributed by atoms with Gasteiger partial charge < -0.3 is 9.84 Å². The van der Waals surface area contributed by atoms with E-state index in [1.807, 2.05) is 0 Å². The van der Waals surface area contributed by atoms with Crippen LogP contribution in [0.2, 0.25) is 0 Å². The summed E-state index contributed by atoms with van der Waals surface area (Å²) in [7, 11) is 0. The molecule has 2 aromatic rings. The lowest BCUT2D eigenvalue weighted by molar-refractivity contribution is 0.0691. The zero-order chi connectivity index (χ0) is 25.5. The van der Waals surface area contributed by atoms with Crippen molar-refractivity contribution in [1.82, 2.24) is 4.98 Å². The Morgan fingerprint density at radius 1 is 0.829 bits per heavy atom. The van der Waals surface area contributed by atoms with E-state index in [1.165, 1.54) is 56.9 Å². The molecule has 0 saturated carbocycles. The number of ether oxygens (including phenoxy) is 1. The summed E-state index contributed by atoms with van der Waals surface area (Å²) in [6, 6.07) is 4.38. The molecule has 1 heterocycles. The largest absolute Gasteiger partial charge is 0.490 e. The Labute approximate surface area is 209 Å². The predicted octanol–water partition coefficient (Wildman–Crippen LogP) is 8.76. The fourth-order valence-electron chi connectivity index (χ4n) is 4.22. The molecule has 0 unspecified atom stereocenters. The first-order valence-electron chi connectivity index (χ1n) is 13.3. The van der Waals surface area contributed by atoms with Crippen molar-refractivity contribution in [3.63, 3.8) is 0 Å². The predicted molar refractivity (Wildman–Crippen MR) is 137 cm³/mol. The Morgan fingerprint density at radius 2 is 1.43 bits per heavy atom. The maximum absolute atomic E-state index is 15.0. The van der Waals surface area contributed by atoms with Crippen LogP contribution in [-0.2, 0) is 6.42 Å². The molecule has 0 aliphatic carbocycles. The van der Waals surface area contributed by atoms with E-state index in [1.54, 1.807) is 6.07 Å². The van der Waals surface area contributed by atoms with E-state index in [0.29, 0.717) is 13.0 Å². The summed E-state index contributed by atoms with van der Waals surface area (Å²) in [5.41, 5.74) is 0.510. The monoisotopic (exact) mass is 489 g/mol. The Bertz CT molecular complexity index is 917. The molecule has 35 heavy (non-hydrogen) atoms. The zero-order valence-electron chi connectivity index (χ0n) is 21.4. The minimum Gasteiger partial charge on any atom is -0.490 e. The first kappa shape index (κ1) is 28.7. The lowest BCUT2D eigenvalue weighted by atomic mass is 9.98. The Hall–Kier alpha value is -2.50. The van der Waals surface area contributed by atoms with E-state index in [9.17, 15) is 14.3 Å². The van der Waals surface area contributed by atoms with Crippen molar-refractivity contribution < 1.29 is 23.4 Å². The first-order chi connectivity index (χ1) is 17.0. The molecular weight excluding hydrogens is 448 g/mol. The summed E-state index contributed by atoms with van der Waals surface area (Å²) < 4.78 is 35.3. The minimum atomic E-state index is -1.27. The highest BCUT2D eigenvalue weighted by molar-refractivity contribution is 5.94. The number of unbranched alkanes of at least 4 members (excludes halogenated alkanes) is 11. The number of benzene rings is 1. The molecule has 0 bridgehead atoms. The van der Waals surface area contributed by atoms with E-state index < -0.39 is 17.6 Å². The summed E-state index contributed by atoms with van der Waals surface area (Å²) in [6.07, 6.45) is 16.8. The van der Waals surface area contributed by atoms with Crippen LogP contribution < -0.4 is 4.74 Å². The fraction of sp³-hybridized carbons (Fsp3) is 0.586. The molecule has 1 aromatic heterocycles. The van der Waals surface area contributed by atoms with Gasteiger partial charge in [-0.05, 0) is 43.0 Å². The highest BCUT2D eigenvalue weighted by Crippen LogP contribution is 2.32. The topological polar surface area (TPSA) is 59.4 Å². The van der Waals surface area contributed by atoms with Crippen molar-refractivity contribution in [2.75, 3.05) is 6.61 Å². The minimum absolute atomic E-state index is 0.0922. The summed E-state index contributed by atoms with van der Waals surface area (Å²) in [5, 5.41) is 9.55. The van der Waals surface area contributed by atoms with E-state index in [0.717, 1.165) is 50.5 Å². The van der Waals surface area contributed by atoms with Gasteiger partial charge in [0, 0.05) is 17.3 Å². The van der Waals surface area contributed by atoms with Gasteiger partial charge in [-0.15, -0.1) is 0 Å². The Balaban J connectivity index is 2.02. The molecule has 0 atom stereocenters. The van der Waals surface area contributed by atoms with Crippen molar-refractivity contribution in [3.05, 3.63) is 47.3 Å². The van der Waals surface area contributed by atoms with Crippen LogP contribution in [0.3, 0.4) is 0 Å². The number of halogens is 2. The van der Waals surface area contributed by atoms with Gasteiger partial charge in [0.05, 0.1) is 6.61 Å². The smallest absolute Gasteiger partial charge is 0.355 e. The molecule has 0 aliphatic heterocycles. The van der Waals surface area contributed by atoms with Gasteiger partial charge in [0.2, 0.25) is 5.82 Å². The molecule has 0 aliphatic rings. The summed E-state index contributed by atoms with van der Waals surface area (Å²) in [4.78, 5) is 15.7. The highest BCUT2D eigenvalue weighted by Gasteiger charge is 2.21. The number of hydrogen-bond acceptors (Lipinski definition) is 3. The van der Waals surface area contributed by atoms with Gasteiger partial charge in [-0.3, -0.25) is 0 Å². The molecular formula is C29H41F2NO3. The number of aryl methyl sites for hydroxylation is 1. The molecule has 4 nitrogen and oxygen atoms in total. The number of aromatic carboxylic acids is 1. The first-order valence-corrected chi connectivity index (χ1v) is 13.3. The normalized spacial score (nSPS) is 11.1. The van der Waals surface area contributed by atoms with Crippen LogP contribution in [0.5, 0.6) is 5.75 Å². The second-order valence-electron chi connectivity index (χ2n) is 9.27. The molecule has 0 spiro atoms. The number of carboxylic acid groups (broad SMARTS) is 1. The zero-order valence-corrected chi connectivity index (χ0v) is 21.4. The van der Waals surface area contributed by atoms with Crippen LogP contribution in [0.15, 0.2) is 24.4 Å². The number of rotatable bonds is 18. The van der Waals surface area contributed by atoms with Crippen molar-refractivity contribution in [3.8, 4) is 16.9 Å². The summed E-state index contributed by atoms with van der Waals surface area (Å²) in [6.45, 7) is 4.67. The van der Waals surface area contributed by atoms with E-state index >= 15 is 4.39 Å². The molecule has 0 radical (unpaired) electrons. The maximum atomic E-state index is 15.0. The van der Waals surface area contributed by atoms with Crippen molar-refractivity contribution >= 4 is 5.97 Å². The van der Waals surface area contributed by atoms with Gasteiger partial charge in [0.1, 0.15) is 0 Å². The summed E-state index contributed by atoms with van der Waals surface area (Å²) >= 11 is 0. The third-order valence-corrected chi connectivity index (χ3v) is 6.31. The number of hydrogen-bond donors (Lipinski definition) is 1. The quantitative estimate of drug-likeness (QED) is 0.213. The van der Waals surface area contributed by atoms with Gasteiger partial charge in [-0.1, -0.05) is 84.5 Å². The van der Waals surface area contributed by atoms with Crippen LogP contribution in [0.4, 0.5) is 8.78 Å². The number of nitrogens with zero attached hydrogens (tertiary/aromatic N) is 1. The number of carboxylic acids is 1. The third-order valence-electron chi connectivity index (χ3n) is 6.31. The van der Waals surface area contributed by atoms with Crippen LogP contribution in [-0.4, -0.2) is 22.7 Å². The number of aromatic nitrogens is 1. The van der Waals surface area contributed by atoms with Crippen molar-refractivity contribution in [2.45, 2.75) is 104 Å². The van der Waals surface area contributed by atoms with Crippen molar-refractivity contribution in [2.24, 2.45) is 0 Å². The molecule has 1 aromatic carbocycles. The average molecular weight is 490 g/mol. The molecule has 2 rings (SSSR count). The number of carbonyl (C=O) groups is 1. The lowest BCUT2D eigenvalue weighted by Crippen LogP contribution is -2.07. The molecule has 194 valence electrons. The molecule has 0 fully saturated rings. The van der Waals surface area contributed by atoms with Gasteiger partial charge in [0.15, 0.2) is 17.3 Å². The van der Waals surface area contributed by atoms with Crippen LogP contribution in [0.1, 0.15) is 113 Å². The average Bonchev–Trinajstić information content (AvgIpc) is 2.85.